The van der Waals surface area contributed by atoms with Gasteiger partial charge in [0.2, 0.25) is 0 Å². The van der Waals surface area contributed by atoms with Gasteiger partial charge >= 0.3 is 18.3 Å². The number of nitrogens with zero attached hydrogens (tertiary/aromatic N) is 1. The van der Waals surface area contributed by atoms with Crippen LogP contribution in [0.2, 0.25) is 0 Å². The van der Waals surface area contributed by atoms with Crippen LogP contribution < -0.4 is 0 Å². The minimum Gasteiger partial charge on any atom is -0.481 e. The molecule has 0 aliphatic rings. The number of hydrogen-bond acceptors (Lipinski definition) is 4. The summed E-state index contributed by atoms with van der Waals surface area (Å²) in [6.45, 7) is 0. The van der Waals surface area contributed by atoms with Crippen molar-refractivity contribution in [1.82, 2.24) is 0 Å². The standard InChI is InChI=1S/C6H4F3NO4/c7-6(8,9)14-5(13)3(2-10)1-4(11)12/h3H,1H2,(H,11,12). The van der Waals surface area contributed by atoms with Crippen molar-refractivity contribution >= 4 is 11.9 Å². The van der Waals surface area contributed by atoms with Gasteiger partial charge in [0, 0.05) is 0 Å². The first-order valence-electron chi connectivity index (χ1n) is 3.17. The van der Waals surface area contributed by atoms with Crippen LogP contribution in [-0.4, -0.2) is 23.4 Å². The molecular formula is C6H4F3NO4. The molecular weight excluding hydrogens is 207 g/mol. The molecule has 0 rings (SSSR count). The van der Waals surface area contributed by atoms with Crippen molar-refractivity contribution in [2.75, 3.05) is 0 Å². The van der Waals surface area contributed by atoms with E-state index >= 15 is 0 Å². The van der Waals surface area contributed by atoms with Gasteiger partial charge in [-0.3, -0.25) is 9.59 Å². The lowest BCUT2D eigenvalue weighted by molar-refractivity contribution is -0.307. The molecule has 0 heterocycles. The lowest BCUT2D eigenvalue weighted by Gasteiger charge is -2.09. The maximum absolute atomic E-state index is 11.4. The molecule has 0 aromatic carbocycles. The molecule has 0 amide bonds. The number of halogens is 3. The number of hydrogen-bond donors (Lipinski definition) is 1. The highest BCUT2D eigenvalue weighted by atomic mass is 19.4. The molecule has 5 nitrogen and oxygen atoms in total. The topological polar surface area (TPSA) is 87.4 Å². The van der Waals surface area contributed by atoms with Crippen LogP contribution in [0.3, 0.4) is 0 Å². The van der Waals surface area contributed by atoms with Gasteiger partial charge in [0.25, 0.3) is 0 Å². The van der Waals surface area contributed by atoms with Gasteiger partial charge in [-0.25, -0.2) is 0 Å². The Labute approximate surface area is 75.7 Å². The number of aliphatic carboxylic acids is 1. The van der Waals surface area contributed by atoms with E-state index in [2.05, 4.69) is 4.74 Å². The number of esters is 1. The Morgan fingerprint density at radius 3 is 2.29 bits per heavy atom. The molecule has 0 spiro atoms. The number of carboxylic acids is 1. The van der Waals surface area contributed by atoms with E-state index in [1.54, 1.807) is 0 Å². The molecule has 78 valence electrons. The Bertz CT molecular complexity index is 280. The van der Waals surface area contributed by atoms with Crippen molar-refractivity contribution in [3.8, 4) is 6.07 Å². The molecule has 1 atom stereocenters. The van der Waals surface area contributed by atoms with E-state index in [-0.39, 0.29) is 0 Å². The summed E-state index contributed by atoms with van der Waals surface area (Å²) in [5.74, 6) is -5.42. The van der Waals surface area contributed by atoms with Gasteiger partial charge in [-0.2, -0.15) is 5.26 Å². The number of rotatable bonds is 3. The second-order valence-electron chi connectivity index (χ2n) is 2.15. The summed E-state index contributed by atoms with van der Waals surface area (Å²) in [6.07, 6.45) is -6.23. The Kier molecular flexibility index (Phi) is 3.89. The maximum atomic E-state index is 11.4. The van der Waals surface area contributed by atoms with Crippen molar-refractivity contribution in [2.45, 2.75) is 12.8 Å². The second kappa shape index (κ2) is 4.45. The summed E-state index contributed by atoms with van der Waals surface area (Å²) in [4.78, 5) is 20.5. The van der Waals surface area contributed by atoms with E-state index in [9.17, 15) is 22.8 Å². The third-order valence-electron chi connectivity index (χ3n) is 1.04. The smallest absolute Gasteiger partial charge is 0.481 e. The molecule has 1 unspecified atom stereocenters. The van der Waals surface area contributed by atoms with E-state index in [0.717, 1.165) is 6.07 Å². The van der Waals surface area contributed by atoms with E-state index in [4.69, 9.17) is 10.4 Å². The molecule has 0 aromatic heterocycles. The first-order chi connectivity index (χ1) is 6.26. The van der Waals surface area contributed by atoms with Crippen LogP contribution in [0.15, 0.2) is 0 Å². The Hall–Kier alpha value is -1.78. The fraction of sp³-hybridized carbons (Fsp3) is 0.500. The number of carbonyl (C=O) groups excluding carboxylic acids is 1. The average Bonchev–Trinajstić information content (AvgIpc) is 1.96. The Balaban J connectivity index is 4.35. The molecule has 0 aliphatic heterocycles. The van der Waals surface area contributed by atoms with Crippen molar-refractivity contribution in [3.05, 3.63) is 0 Å². The summed E-state index contributed by atoms with van der Waals surface area (Å²) in [7, 11) is 0. The van der Waals surface area contributed by atoms with Gasteiger partial charge in [-0.05, 0) is 0 Å². The van der Waals surface area contributed by atoms with Crippen LogP contribution in [0, 0.1) is 17.2 Å². The molecule has 0 aromatic rings. The van der Waals surface area contributed by atoms with Gasteiger partial charge in [-0.15, -0.1) is 13.2 Å². The fourth-order valence-corrected chi connectivity index (χ4v) is 0.541. The Morgan fingerprint density at radius 2 is 2.00 bits per heavy atom. The number of carboxylic acid groups (broad SMARTS) is 1. The quantitative estimate of drug-likeness (QED) is 0.693. The van der Waals surface area contributed by atoms with Crippen molar-refractivity contribution in [2.24, 2.45) is 5.92 Å². The van der Waals surface area contributed by atoms with Crippen LogP contribution in [0.25, 0.3) is 0 Å². The van der Waals surface area contributed by atoms with Gasteiger partial charge in [0.05, 0.1) is 12.5 Å². The van der Waals surface area contributed by atoms with Gasteiger partial charge < -0.3 is 9.84 Å². The minimum absolute atomic E-state index is 1.02. The zero-order valence-corrected chi connectivity index (χ0v) is 6.54. The van der Waals surface area contributed by atoms with Crippen molar-refractivity contribution in [3.63, 3.8) is 0 Å². The largest absolute Gasteiger partial charge is 0.575 e. The van der Waals surface area contributed by atoms with Gasteiger partial charge in [0.15, 0.2) is 5.92 Å². The highest BCUT2D eigenvalue weighted by Crippen LogP contribution is 2.19. The van der Waals surface area contributed by atoms with Gasteiger partial charge in [0.1, 0.15) is 0 Å². The predicted molar refractivity (Wildman–Crippen MR) is 33.5 cm³/mol. The SMILES string of the molecule is N#CC(CC(=O)O)C(=O)OC(F)(F)F. The molecule has 0 bridgehead atoms. The summed E-state index contributed by atoms with van der Waals surface area (Å²) in [6, 6.07) is 1.10. The predicted octanol–water partition coefficient (Wildman–Crippen LogP) is 0.664. The van der Waals surface area contributed by atoms with E-state index in [0.29, 0.717) is 0 Å². The number of ether oxygens (including phenoxy) is 1. The summed E-state index contributed by atoms with van der Waals surface area (Å²) < 4.78 is 37.2. The lowest BCUT2D eigenvalue weighted by atomic mass is 10.1. The van der Waals surface area contributed by atoms with Crippen molar-refractivity contribution < 1.29 is 32.6 Å². The fourth-order valence-electron chi connectivity index (χ4n) is 0.541. The average molecular weight is 211 g/mol. The highest BCUT2D eigenvalue weighted by Gasteiger charge is 2.37. The molecule has 0 radical (unpaired) electrons. The first kappa shape index (κ1) is 12.2. The second-order valence-corrected chi connectivity index (χ2v) is 2.15. The monoisotopic (exact) mass is 211 g/mol. The molecule has 0 saturated heterocycles. The van der Waals surface area contributed by atoms with Crippen LogP contribution in [0.1, 0.15) is 6.42 Å². The number of carbonyl (C=O) groups is 2. The highest BCUT2D eigenvalue weighted by molar-refractivity contribution is 5.81. The lowest BCUT2D eigenvalue weighted by Crippen LogP contribution is -2.26. The summed E-state index contributed by atoms with van der Waals surface area (Å²) in [5, 5.41) is 16.3. The number of alkyl halides is 3. The maximum Gasteiger partial charge on any atom is 0.575 e. The van der Waals surface area contributed by atoms with Crippen LogP contribution in [0.4, 0.5) is 13.2 Å². The summed E-state index contributed by atoms with van der Waals surface area (Å²) in [5.41, 5.74) is 0. The third kappa shape index (κ3) is 4.97. The molecule has 0 aliphatic carbocycles. The van der Waals surface area contributed by atoms with E-state index < -0.39 is 30.6 Å². The molecule has 0 saturated carbocycles. The molecule has 0 fully saturated rings. The Morgan fingerprint density at radius 1 is 1.50 bits per heavy atom. The van der Waals surface area contributed by atoms with Crippen LogP contribution in [-0.2, 0) is 14.3 Å². The van der Waals surface area contributed by atoms with E-state index in [1.807, 2.05) is 0 Å². The van der Waals surface area contributed by atoms with Crippen LogP contribution >= 0.6 is 0 Å². The first-order valence-corrected chi connectivity index (χ1v) is 3.17. The normalized spacial score (nSPS) is 12.7. The van der Waals surface area contributed by atoms with Crippen LogP contribution in [0.5, 0.6) is 0 Å². The zero-order chi connectivity index (χ0) is 11.4. The zero-order valence-electron chi connectivity index (χ0n) is 6.54. The van der Waals surface area contributed by atoms with Crippen molar-refractivity contribution in [1.29, 1.82) is 5.26 Å². The molecule has 14 heavy (non-hydrogen) atoms. The van der Waals surface area contributed by atoms with Gasteiger partial charge in [-0.1, -0.05) is 0 Å². The molecule has 8 heteroatoms. The third-order valence-corrected chi connectivity index (χ3v) is 1.04. The summed E-state index contributed by atoms with van der Waals surface area (Å²) >= 11 is 0. The molecule has 1 N–H and O–H groups in total. The number of nitriles is 1. The van der Waals surface area contributed by atoms with E-state index in [1.165, 1.54) is 0 Å². The minimum atomic E-state index is -5.20.